The number of hydrogen-bond donors (Lipinski definition) is 2. The summed E-state index contributed by atoms with van der Waals surface area (Å²) in [6.07, 6.45) is 2.94. The molecule has 268 valence electrons. The van der Waals surface area contributed by atoms with Crippen molar-refractivity contribution in [3.8, 4) is 29.1 Å². The summed E-state index contributed by atoms with van der Waals surface area (Å²) in [5, 5.41) is 40.8. The number of benzene rings is 5. The Morgan fingerprint density at radius 1 is 0.712 bits per heavy atom. The molecule has 5 rings (SSSR count). The molecule has 0 spiro atoms. The van der Waals surface area contributed by atoms with Gasteiger partial charge in [0.05, 0.1) is 49.7 Å². The molecule has 52 heavy (non-hydrogen) atoms. The molecule has 5 aromatic rings. The lowest BCUT2D eigenvalue weighted by molar-refractivity contribution is -0.384. The molecule has 0 aromatic heterocycles. The largest absolute Gasteiger partial charge is 0.494 e. The topological polar surface area (TPSA) is 139 Å². The molecule has 0 aliphatic heterocycles. The minimum Gasteiger partial charge on any atom is -0.494 e. The number of aliphatic hydroxyl groups is 2. The predicted molar refractivity (Wildman–Crippen MR) is 202 cm³/mol. The van der Waals surface area contributed by atoms with Crippen LogP contribution in [0.5, 0.6) is 17.2 Å². The fraction of sp³-hybridized carbons (Fsp3) is 0.268. The Bertz CT molecular complexity index is 1960. The van der Waals surface area contributed by atoms with Crippen molar-refractivity contribution in [1.82, 2.24) is 0 Å². The van der Waals surface area contributed by atoms with Crippen LogP contribution in [0.3, 0.4) is 0 Å². The summed E-state index contributed by atoms with van der Waals surface area (Å²) in [4.78, 5) is 12.8. The monoisotopic (exact) mass is 702 g/mol. The number of unbranched alkanes of at least 4 members (excludes halogenated alkanes) is 2. The van der Waals surface area contributed by atoms with Crippen LogP contribution < -0.4 is 19.1 Å². The third-order valence-electron chi connectivity index (χ3n) is 7.99. The highest BCUT2D eigenvalue weighted by molar-refractivity contribution is 5.88. The lowest BCUT2D eigenvalue weighted by atomic mass is 10.1. The molecule has 5 aromatic carbocycles. The van der Waals surface area contributed by atoms with E-state index in [1.54, 1.807) is 12.1 Å². The molecule has 0 saturated carbocycles. The zero-order chi connectivity index (χ0) is 36.4. The predicted octanol–water partition coefficient (Wildman–Crippen LogP) is 8.40. The van der Waals surface area contributed by atoms with Crippen LogP contribution >= 0.6 is 0 Å². The van der Waals surface area contributed by atoms with Gasteiger partial charge in [0.1, 0.15) is 17.2 Å². The first-order valence-electron chi connectivity index (χ1n) is 17.3. The molecular formula is C41H42N4O7. The van der Waals surface area contributed by atoms with E-state index in [2.05, 4.69) is 40.3 Å². The summed E-state index contributed by atoms with van der Waals surface area (Å²) in [5.41, 5.74) is 2.52. The number of ether oxygens (including phenoxy) is 3. The van der Waals surface area contributed by atoms with Crippen molar-refractivity contribution in [3.63, 3.8) is 0 Å². The van der Waals surface area contributed by atoms with Crippen molar-refractivity contribution < 1.29 is 29.3 Å². The van der Waals surface area contributed by atoms with Gasteiger partial charge >= 0.3 is 0 Å². The number of nitrogens with zero attached hydrogens (tertiary/aromatic N) is 4. The van der Waals surface area contributed by atoms with Crippen LogP contribution in [0.4, 0.5) is 22.7 Å². The standard InChI is InChI=1S/C41H42N4O7/c46-26-24-44(25-27-47)35-18-16-34(17-19-35)42-43-39-23-20-36(45(48)49)31-41(39)52-29-5-1-2-9-32-14-21-37(22-15-32)50-28-6-7-30-51-40-13-8-11-33-10-3-4-12-38(33)40/h3-4,8,10-23,31,46-47H,1,5-7,24-30H2. The maximum absolute atomic E-state index is 11.4. The lowest BCUT2D eigenvalue weighted by Crippen LogP contribution is -2.29. The minimum atomic E-state index is -0.484. The number of hydrogen-bond acceptors (Lipinski definition) is 10. The summed E-state index contributed by atoms with van der Waals surface area (Å²) >= 11 is 0. The van der Waals surface area contributed by atoms with Gasteiger partial charge in [-0.15, -0.1) is 5.11 Å². The molecule has 0 aliphatic carbocycles. The van der Waals surface area contributed by atoms with Crippen LogP contribution in [0.1, 0.15) is 31.2 Å². The quantitative estimate of drug-likeness (QED) is 0.0288. The van der Waals surface area contributed by atoms with E-state index in [4.69, 9.17) is 14.2 Å². The third-order valence-corrected chi connectivity index (χ3v) is 7.99. The number of azo groups is 1. The van der Waals surface area contributed by atoms with E-state index in [0.717, 1.165) is 41.0 Å². The van der Waals surface area contributed by atoms with Crippen LogP contribution in [-0.4, -0.2) is 61.3 Å². The normalized spacial score (nSPS) is 10.9. The summed E-state index contributed by atoms with van der Waals surface area (Å²) in [5.74, 6) is 8.26. The first kappa shape index (κ1) is 37.3. The molecule has 0 atom stereocenters. The first-order valence-corrected chi connectivity index (χ1v) is 17.3. The molecule has 2 N–H and O–H groups in total. The molecule has 11 heteroatoms. The molecule has 0 amide bonds. The van der Waals surface area contributed by atoms with Crippen LogP contribution in [0, 0.1) is 22.0 Å². The van der Waals surface area contributed by atoms with Gasteiger partial charge in [-0.1, -0.05) is 48.2 Å². The highest BCUT2D eigenvalue weighted by Gasteiger charge is 2.12. The Hall–Kier alpha value is -5.96. The Labute approximate surface area is 303 Å². The van der Waals surface area contributed by atoms with E-state index in [-0.39, 0.29) is 24.7 Å². The van der Waals surface area contributed by atoms with E-state index in [1.165, 1.54) is 23.6 Å². The number of nitro benzene ring substituents is 1. The van der Waals surface area contributed by atoms with Gasteiger partial charge in [0.15, 0.2) is 5.75 Å². The number of anilines is 1. The van der Waals surface area contributed by atoms with Gasteiger partial charge in [-0.05, 0) is 85.3 Å². The molecule has 0 heterocycles. The summed E-state index contributed by atoms with van der Waals surface area (Å²) in [6, 6.07) is 33.4. The Morgan fingerprint density at radius 2 is 1.40 bits per heavy atom. The molecule has 0 unspecified atom stereocenters. The Kier molecular flexibility index (Phi) is 14.4. The highest BCUT2D eigenvalue weighted by atomic mass is 16.6. The second-order valence-electron chi connectivity index (χ2n) is 11.7. The maximum Gasteiger partial charge on any atom is 0.273 e. The number of non-ortho nitro benzene ring substituents is 1. The molecule has 0 bridgehead atoms. The van der Waals surface area contributed by atoms with E-state index in [1.807, 2.05) is 65.6 Å². The van der Waals surface area contributed by atoms with Gasteiger partial charge < -0.3 is 29.3 Å². The van der Waals surface area contributed by atoms with Gasteiger partial charge in [0.25, 0.3) is 5.69 Å². The molecule has 0 aliphatic rings. The molecule has 0 saturated heterocycles. The van der Waals surface area contributed by atoms with Crippen LogP contribution in [0.2, 0.25) is 0 Å². The Balaban J connectivity index is 1.04. The number of nitro groups is 1. The fourth-order valence-corrected chi connectivity index (χ4v) is 5.31. The Morgan fingerprint density at radius 3 is 2.15 bits per heavy atom. The zero-order valence-corrected chi connectivity index (χ0v) is 28.9. The second kappa shape index (κ2) is 20.0. The van der Waals surface area contributed by atoms with Crippen molar-refractivity contribution in [2.75, 3.05) is 51.0 Å². The summed E-state index contributed by atoms with van der Waals surface area (Å²) in [7, 11) is 0. The average molecular weight is 703 g/mol. The van der Waals surface area contributed by atoms with Crippen molar-refractivity contribution in [2.24, 2.45) is 10.2 Å². The van der Waals surface area contributed by atoms with Gasteiger partial charge in [0, 0.05) is 42.2 Å². The highest BCUT2D eigenvalue weighted by Crippen LogP contribution is 2.33. The lowest BCUT2D eigenvalue weighted by Gasteiger charge is -2.22. The minimum absolute atomic E-state index is 0.0343. The van der Waals surface area contributed by atoms with Crippen molar-refractivity contribution >= 4 is 33.5 Å². The molecular weight excluding hydrogens is 660 g/mol. The van der Waals surface area contributed by atoms with Gasteiger partial charge in [-0.25, -0.2) is 0 Å². The van der Waals surface area contributed by atoms with Crippen molar-refractivity contribution in [3.05, 3.63) is 125 Å². The fourth-order valence-electron chi connectivity index (χ4n) is 5.31. The average Bonchev–Trinajstić information content (AvgIpc) is 3.17. The zero-order valence-electron chi connectivity index (χ0n) is 28.9. The van der Waals surface area contributed by atoms with Gasteiger partial charge in [0.2, 0.25) is 0 Å². The van der Waals surface area contributed by atoms with Crippen LogP contribution in [-0.2, 0) is 0 Å². The smallest absolute Gasteiger partial charge is 0.273 e. The first-order chi connectivity index (χ1) is 25.5. The SMILES string of the molecule is O=[N+]([O-])c1ccc(N=Nc2ccc(N(CCO)CCO)cc2)c(OCCCC#Cc2ccc(OCCCCOc3cccc4ccccc34)cc2)c1. The number of aliphatic hydroxyl groups excluding tert-OH is 2. The third kappa shape index (κ3) is 11.3. The maximum atomic E-state index is 11.4. The van der Waals surface area contributed by atoms with Gasteiger partial charge in [-0.3, -0.25) is 10.1 Å². The molecule has 11 nitrogen and oxygen atoms in total. The summed E-state index contributed by atoms with van der Waals surface area (Å²) < 4.78 is 17.8. The molecule has 0 fully saturated rings. The van der Waals surface area contributed by atoms with E-state index < -0.39 is 4.92 Å². The van der Waals surface area contributed by atoms with Crippen molar-refractivity contribution in [2.45, 2.75) is 25.7 Å². The van der Waals surface area contributed by atoms with E-state index in [0.29, 0.717) is 57.1 Å². The summed E-state index contributed by atoms with van der Waals surface area (Å²) in [6.45, 7) is 2.24. The molecule has 0 radical (unpaired) electrons. The van der Waals surface area contributed by atoms with Crippen LogP contribution in [0.25, 0.3) is 10.8 Å². The number of rotatable bonds is 19. The van der Waals surface area contributed by atoms with E-state index in [9.17, 15) is 20.3 Å². The van der Waals surface area contributed by atoms with Crippen LogP contribution in [0.15, 0.2) is 119 Å². The number of fused-ring (bicyclic) bond motifs is 1. The van der Waals surface area contributed by atoms with E-state index >= 15 is 0 Å². The second-order valence-corrected chi connectivity index (χ2v) is 11.7. The van der Waals surface area contributed by atoms with Crippen molar-refractivity contribution in [1.29, 1.82) is 0 Å². The van der Waals surface area contributed by atoms with Gasteiger partial charge in [-0.2, -0.15) is 5.11 Å².